The molecule has 0 saturated heterocycles. The molecule has 0 saturated carbocycles. The van der Waals surface area contributed by atoms with Gasteiger partial charge in [-0.05, 0) is 38.0 Å². The quantitative estimate of drug-likeness (QED) is 0.889. The normalized spacial score (nSPS) is 10.2. The Labute approximate surface area is 126 Å². The Hall–Kier alpha value is -2.29. The van der Waals surface area contributed by atoms with Gasteiger partial charge in [0.15, 0.2) is 0 Å². The lowest BCUT2D eigenvalue weighted by molar-refractivity contribution is 0.246. The molecule has 2 aromatic carbocycles. The summed E-state index contributed by atoms with van der Waals surface area (Å²) in [5.41, 5.74) is 3.42. The molecule has 110 valence electrons. The van der Waals surface area contributed by atoms with E-state index in [0.717, 1.165) is 12.1 Å². The van der Waals surface area contributed by atoms with Crippen LogP contribution >= 0.6 is 0 Å². The molecule has 0 radical (unpaired) electrons. The number of benzene rings is 2. The van der Waals surface area contributed by atoms with Crippen LogP contribution in [0.1, 0.15) is 18.1 Å². The summed E-state index contributed by atoms with van der Waals surface area (Å²) in [7, 11) is 0. The second-order valence-electron chi connectivity index (χ2n) is 5.05. The van der Waals surface area contributed by atoms with Gasteiger partial charge in [-0.1, -0.05) is 48.0 Å². The first kappa shape index (κ1) is 15.1. The fourth-order valence-electron chi connectivity index (χ4n) is 2.33. The van der Waals surface area contributed by atoms with Crippen molar-refractivity contribution in [1.29, 1.82) is 0 Å². The van der Waals surface area contributed by atoms with E-state index >= 15 is 0 Å². The Morgan fingerprint density at radius 2 is 1.86 bits per heavy atom. The van der Waals surface area contributed by atoms with Gasteiger partial charge in [-0.25, -0.2) is 4.79 Å². The molecule has 2 aromatic rings. The van der Waals surface area contributed by atoms with Crippen molar-refractivity contribution in [2.24, 2.45) is 0 Å². The number of hydrogen-bond donors (Lipinski definition) is 1. The number of para-hydroxylation sites is 1. The highest BCUT2D eigenvalue weighted by Gasteiger charge is 2.12. The molecular formula is C18H22N2O. The Kier molecular flexibility index (Phi) is 5.38. The molecule has 0 aromatic heterocycles. The third-order valence-corrected chi connectivity index (χ3v) is 3.40. The van der Waals surface area contributed by atoms with E-state index in [0.29, 0.717) is 13.1 Å². The van der Waals surface area contributed by atoms with E-state index in [2.05, 4.69) is 36.5 Å². The van der Waals surface area contributed by atoms with Crippen LogP contribution in [0.3, 0.4) is 0 Å². The number of carbonyl (C=O) groups is 1. The van der Waals surface area contributed by atoms with Crippen molar-refractivity contribution in [3.8, 4) is 0 Å². The number of nitrogens with zero attached hydrogens (tertiary/aromatic N) is 1. The topological polar surface area (TPSA) is 32.3 Å². The summed E-state index contributed by atoms with van der Waals surface area (Å²) in [6.07, 6.45) is 0.847. The summed E-state index contributed by atoms with van der Waals surface area (Å²) < 4.78 is 0. The van der Waals surface area contributed by atoms with Crippen LogP contribution < -0.4 is 10.2 Å². The summed E-state index contributed by atoms with van der Waals surface area (Å²) >= 11 is 0. The van der Waals surface area contributed by atoms with E-state index in [1.165, 1.54) is 11.1 Å². The maximum atomic E-state index is 12.2. The third kappa shape index (κ3) is 4.35. The van der Waals surface area contributed by atoms with Crippen molar-refractivity contribution in [3.05, 3.63) is 65.7 Å². The zero-order valence-electron chi connectivity index (χ0n) is 12.7. The molecule has 0 unspecified atom stereocenters. The van der Waals surface area contributed by atoms with Gasteiger partial charge in [-0.2, -0.15) is 0 Å². The second-order valence-corrected chi connectivity index (χ2v) is 5.05. The second kappa shape index (κ2) is 7.48. The largest absolute Gasteiger partial charge is 0.337 e. The Morgan fingerprint density at radius 1 is 1.10 bits per heavy atom. The molecule has 2 amide bonds. The highest BCUT2D eigenvalue weighted by atomic mass is 16.2. The summed E-state index contributed by atoms with van der Waals surface area (Å²) in [6, 6.07) is 18.1. The van der Waals surface area contributed by atoms with E-state index < -0.39 is 0 Å². The molecule has 0 fully saturated rings. The van der Waals surface area contributed by atoms with Crippen LogP contribution in [0.5, 0.6) is 0 Å². The Morgan fingerprint density at radius 3 is 2.52 bits per heavy atom. The smallest absolute Gasteiger partial charge is 0.321 e. The number of hydrogen-bond acceptors (Lipinski definition) is 1. The molecule has 1 N–H and O–H groups in total. The van der Waals surface area contributed by atoms with Crippen LogP contribution in [0.25, 0.3) is 0 Å². The molecule has 2 rings (SSSR count). The van der Waals surface area contributed by atoms with Crippen LogP contribution in [-0.4, -0.2) is 19.1 Å². The van der Waals surface area contributed by atoms with Crippen molar-refractivity contribution in [2.75, 3.05) is 18.0 Å². The molecule has 3 nitrogen and oxygen atoms in total. The van der Waals surface area contributed by atoms with Gasteiger partial charge in [-0.3, -0.25) is 4.90 Å². The lowest BCUT2D eigenvalue weighted by Gasteiger charge is -2.21. The number of carbonyl (C=O) groups excluding carboxylic acids is 1. The average molecular weight is 282 g/mol. The van der Waals surface area contributed by atoms with Gasteiger partial charge in [0, 0.05) is 18.8 Å². The van der Waals surface area contributed by atoms with E-state index in [9.17, 15) is 4.79 Å². The molecule has 0 spiro atoms. The summed E-state index contributed by atoms with van der Waals surface area (Å²) in [5.74, 6) is 0. The van der Waals surface area contributed by atoms with Gasteiger partial charge in [0.05, 0.1) is 0 Å². The van der Waals surface area contributed by atoms with Gasteiger partial charge in [0.25, 0.3) is 0 Å². The van der Waals surface area contributed by atoms with Crippen LogP contribution in [0, 0.1) is 6.92 Å². The molecule has 0 aliphatic carbocycles. The highest BCUT2D eigenvalue weighted by molar-refractivity contribution is 5.91. The summed E-state index contributed by atoms with van der Waals surface area (Å²) in [6.45, 7) is 5.36. The predicted molar refractivity (Wildman–Crippen MR) is 87.7 cm³/mol. The molecular weight excluding hydrogens is 260 g/mol. The number of nitrogens with one attached hydrogen (secondary N) is 1. The maximum absolute atomic E-state index is 12.2. The van der Waals surface area contributed by atoms with Gasteiger partial charge in [-0.15, -0.1) is 0 Å². The first-order chi connectivity index (χ1) is 10.2. The van der Waals surface area contributed by atoms with E-state index in [1.807, 2.05) is 37.3 Å². The fraction of sp³-hybridized carbons (Fsp3) is 0.278. The highest BCUT2D eigenvalue weighted by Crippen LogP contribution is 2.12. The SMILES string of the molecule is CCN(C(=O)NCCc1cccc(C)c1)c1ccccc1. The number of anilines is 1. The number of urea groups is 1. The fourth-order valence-corrected chi connectivity index (χ4v) is 2.33. The first-order valence-electron chi connectivity index (χ1n) is 7.36. The molecule has 0 heterocycles. The molecule has 0 aliphatic heterocycles. The van der Waals surface area contributed by atoms with E-state index in [1.54, 1.807) is 4.90 Å². The maximum Gasteiger partial charge on any atom is 0.321 e. The Balaban J connectivity index is 1.89. The summed E-state index contributed by atoms with van der Waals surface area (Å²) in [4.78, 5) is 14.0. The lowest BCUT2D eigenvalue weighted by Crippen LogP contribution is -2.40. The zero-order valence-corrected chi connectivity index (χ0v) is 12.7. The molecule has 3 heteroatoms. The van der Waals surface area contributed by atoms with Crippen LogP contribution in [0.4, 0.5) is 10.5 Å². The summed E-state index contributed by atoms with van der Waals surface area (Å²) in [5, 5.41) is 2.99. The third-order valence-electron chi connectivity index (χ3n) is 3.40. The molecule has 0 aliphatic rings. The minimum atomic E-state index is -0.0450. The van der Waals surface area contributed by atoms with E-state index in [4.69, 9.17) is 0 Å². The number of amides is 2. The minimum Gasteiger partial charge on any atom is -0.337 e. The van der Waals surface area contributed by atoms with Gasteiger partial charge in [0.1, 0.15) is 0 Å². The number of aryl methyl sites for hydroxylation is 1. The predicted octanol–water partition coefficient (Wildman–Crippen LogP) is 3.77. The van der Waals surface area contributed by atoms with Crippen LogP contribution in [0.2, 0.25) is 0 Å². The molecule has 21 heavy (non-hydrogen) atoms. The monoisotopic (exact) mass is 282 g/mol. The van der Waals surface area contributed by atoms with Crippen LogP contribution in [0.15, 0.2) is 54.6 Å². The Bertz CT molecular complexity index is 581. The molecule has 0 atom stereocenters. The average Bonchev–Trinajstić information content (AvgIpc) is 2.49. The molecule has 0 bridgehead atoms. The lowest BCUT2D eigenvalue weighted by atomic mass is 10.1. The van der Waals surface area contributed by atoms with E-state index in [-0.39, 0.29) is 6.03 Å². The van der Waals surface area contributed by atoms with Crippen molar-refractivity contribution in [1.82, 2.24) is 5.32 Å². The van der Waals surface area contributed by atoms with Gasteiger partial charge in [0.2, 0.25) is 0 Å². The van der Waals surface area contributed by atoms with Crippen molar-refractivity contribution in [2.45, 2.75) is 20.3 Å². The van der Waals surface area contributed by atoms with Crippen LogP contribution in [-0.2, 0) is 6.42 Å². The van der Waals surface area contributed by atoms with Crippen molar-refractivity contribution >= 4 is 11.7 Å². The first-order valence-corrected chi connectivity index (χ1v) is 7.36. The van der Waals surface area contributed by atoms with Crippen molar-refractivity contribution in [3.63, 3.8) is 0 Å². The van der Waals surface area contributed by atoms with Crippen molar-refractivity contribution < 1.29 is 4.79 Å². The number of rotatable bonds is 5. The standard InChI is InChI=1S/C18H22N2O/c1-3-20(17-10-5-4-6-11-17)18(21)19-13-12-16-9-7-8-15(2)14-16/h4-11,14H,3,12-13H2,1-2H3,(H,19,21). The van der Waals surface area contributed by atoms with Gasteiger partial charge < -0.3 is 5.32 Å². The zero-order chi connectivity index (χ0) is 15.1. The van der Waals surface area contributed by atoms with Gasteiger partial charge >= 0.3 is 6.03 Å². The minimum absolute atomic E-state index is 0.0450.